The monoisotopic (exact) mass is 697 g/mol. The lowest BCUT2D eigenvalue weighted by Crippen LogP contribution is -2.53. The number of hydrogen-bond acceptors (Lipinski definition) is 7. The van der Waals surface area contributed by atoms with Crippen LogP contribution in [0.25, 0.3) is 0 Å². The summed E-state index contributed by atoms with van der Waals surface area (Å²) in [5.74, 6) is 0.103. The van der Waals surface area contributed by atoms with E-state index >= 15 is 0 Å². The van der Waals surface area contributed by atoms with Crippen LogP contribution in [0.15, 0.2) is 113 Å². The van der Waals surface area contributed by atoms with Crippen LogP contribution in [-0.4, -0.2) is 42.0 Å². The van der Waals surface area contributed by atoms with Crippen molar-refractivity contribution in [1.29, 1.82) is 0 Å². The molecule has 1 aliphatic heterocycles. The largest absolute Gasteiger partial charge is 0.573 e. The molecule has 0 fully saturated rings. The Hall–Kier alpha value is -4.39. The van der Waals surface area contributed by atoms with Gasteiger partial charge in [-0.25, -0.2) is 10.4 Å². The Kier molecular flexibility index (Phi) is 10.6. The highest BCUT2D eigenvalue weighted by molar-refractivity contribution is 9.10. The van der Waals surface area contributed by atoms with Gasteiger partial charge in [0, 0.05) is 36.0 Å². The van der Waals surface area contributed by atoms with Crippen molar-refractivity contribution in [2.45, 2.75) is 37.4 Å². The number of hydrazine groups is 1. The van der Waals surface area contributed by atoms with Crippen LogP contribution in [0.3, 0.4) is 0 Å². The van der Waals surface area contributed by atoms with Crippen LogP contribution in [-0.2, 0) is 22.5 Å². The van der Waals surface area contributed by atoms with E-state index in [-0.39, 0.29) is 31.2 Å². The zero-order valence-electron chi connectivity index (χ0n) is 24.5. The highest BCUT2D eigenvalue weighted by Gasteiger charge is 2.53. The van der Waals surface area contributed by atoms with Gasteiger partial charge in [0.05, 0.1) is 6.61 Å². The second kappa shape index (κ2) is 14.8. The van der Waals surface area contributed by atoms with E-state index in [4.69, 9.17) is 19.6 Å². The Morgan fingerprint density at radius 1 is 0.913 bits per heavy atom. The molecule has 0 saturated heterocycles. The minimum atomic E-state index is -4.79. The second-order valence-electron chi connectivity index (χ2n) is 10.5. The number of ether oxygens (including phenoxy) is 3. The third-order valence-corrected chi connectivity index (χ3v) is 7.70. The van der Waals surface area contributed by atoms with Crippen molar-refractivity contribution < 1.29 is 37.3 Å². The van der Waals surface area contributed by atoms with E-state index < -0.39 is 23.9 Å². The summed E-state index contributed by atoms with van der Waals surface area (Å²) < 4.78 is 54.6. The van der Waals surface area contributed by atoms with Crippen LogP contribution in [0.4, 0.5) is 13.2 Å². The molecule has 12 heteroatoms. The maximum Gasteiger partial charge on any atom is 0.573 e. The van der Waals surface area contributed by atoms with Gasteiger partial charge in [0.25, 0.3) is 5.91 Å². The number of rotatable bonds is 13. The van der Waals surface area contributed by atoms with E-state index in [1.165, 1.54) is 24.3 Å². The summed E-state index contributed by atoms with van der Waals surface area (Å²) in [7, 11) is 0. The first kappa shape index (κ1) is 33.0. The molecule has 4 aromatic rings. The molecule has 3 N–H and O–H groups in total. The average Bonchev–Trinajstić information content (AvgIpc) is 3.43. The molecule has 8 nitrogen and oxygen atoms in total. The molecule has 0 unspecified atom stereocenters. The van der Waals surface area contributed by atoms with Crippen molar-refractivity contribution >= 4 is 27.7 Å². The molecule has 0 saturated carbocycles. The van der Waals surface area contributed by atoms with Crippen LogP contribution in [0.2, 0.25) is 0 Å². The number of nitrogens with one attached hydrogen (secondary N) is 2. The topological polar surface area (TPSA) is 101 Å². The fourth-order valence-electron chi connectivity index (χ4n) is 4.97. The summed E-state index contributed by atoms with van der Waals surface area (Å²) in [5, 5.41) is 9.03. The SMILES string of the molecule is O=C(NNCc1ccc(OC(F)(F)F)cc1)[C@@]1(Cc2ccccc2)N=C(c2ccc(OCCCO)cc2)O[C@H]1c1ccc(Br)cc1. The third kappa shape index (κ3) is 8.45. The molecular weight excluding hydrogens is 667 g/mol. The van der Waals surface area contributed by atoms with E-state index in [0.717, 1.165) is 15.6 Å². The molecule has 2 atom stereocenters. The Morgan fingerprint density at radius 2 is 1.59 bits per heavy atom. The van der Waals surface area contributed by atoms with Gasteiger partial charge in [-0.05, 0) is 65.2 Å². The van der Waals surface area contributed by atoms with Crippen LogP contribution in [0.5, 0.6) is 11.5 Å². The van der Waals surface area contributed by atoms with Gasteiger partial charge in [0.1, 0.15) is 11.5 Å². The third-order valence-electron chi connectivity index (χ3n) is 7.17. The highest BCUT2D eigenvalue weighted by Crippen LogP contribution is 2.42. The van der Waals surface area contributed by atoms with Gasteiger partial charge < -0.3 is 19.3 Å². The van der Waals surface area contributed by atoms with Crippen LogP contribution >= 0.6 is 15.9 Å². The smallest absolute Gasteiger partial charge is 0.494 e. The standard InChI is InChI=1S/C34H31BrF3N3O5/c35-27-13-9-25(10-14-27)30-33(21-23-5-2-1-3-6-23,40-31(45-30)26-11-17-28(18-12-26)44-20-4-19-42)32(43)41-39-22-24-7-15-29(16-8-24)46-34(36,37)38/h1-3,5-18,30,39,42H,4,19-22H2,(H,41,43)/t30-,33-/m0/s1. The number of aliphatic imine (C=N–C) groups is 1. The number of hydrogen-bond donors (Lipinski definition) is 3. The zero-order chi connectivity index (χ0) is 32.6. The van der Waals surface area contributed by atoms with Gasteiger partial charge in [-0.3, -0.25) is 10.2 Å². The maximum atomic E-state index is 14.2. The first-order valence-corrected chi connectivity index (χ1v) is 15.2. The first-order chi connectivity index (χ1) is 22.1. The molecule has 0 radical (unpaired) electrons. The van der Waals surface area contributed by atoms with E-state index in [0.29, 0.717) is 29.9 Å². The van der Waals surface area contributed by atoms with E-state index in [1.807, 2.05) is 54.6 Å². The number of benzene rings is 4. The van der Waals surface area contributed by atoms with Gasteiger partial charge in [-0.1, -0.05) is 70.5 Å². The van der Waals surface area contributed by atoms with Crippen LogP contribution < -0.4 is 20.3 Å². The Labute approximate surface area is 272 Å². The van der Waals surface area contributed by atoms with Gasteiger partial charge >= 0.3 is 6.36 Å². The lowest BCUT2D eigenvalue weighted by molar-refractivity contribution is -0.274. The molecule has 46 heavy (non-hydrogen) atoms. The van der Waals surface area contributed by atoms with E-state index in [9.17, 15) is 18.0 Å². The molecule has 1 amide bonds. The minimum Gasteiger partial charge on any atom is -0.494 e. The lowest BCUT2D eigenvalue weighted by Gasteiger charge is -2.31. The van der Waals surface area contributed by atoms with Crippen molar-refractivity contribution in [2.24, 2.45) is 4.99 Å². The van der Waals surface area contributed by atoms with Crippen molar-refractivity contribution in [3.63, 3.8) is 0 Å². The zero-order valence-corrected chi connectivity index (χ0v) is 26.1. The summed E-state index contributed by atoms with van der Waals surface area (Å²) in [4.78, 5) is 19.2. The molecule has 5 rings (SSSR count). The number of amides is 1. The summed E-state index contributed by atoms with van der Waals surface area (Å²) in [5.41, 5.74) is 7.08. The Balaban J connectivity index is 1.44. The minimum absolute atomic E-state index is 0.0315. The normalized spacial score (nSPS) is 17.6. The molecular formula is C34H31BrF3N3O5. The van der Waals surface area contributed by atoms with Gasteiger partial charge in [0.15, 0.2) is 11.6 Å². The second-order valence-corrected chi connectivity index (χ2v) is 11.4. The number of aliphatic hydroxyl groups excluding tert-OH is 1. The summed E-state index contributed by atoms with van der Waals surface area (Å²) in [6.07, 6.45) is -4.88. The first-order valence-electron chi connectivity index (χ1n) is 14.4. The molecule has 0 bridgehead atoms. The molecule has 1 heterocycles. The fourth-order valence-corrected chi connectivity index (χ4v) is 5.24. The Morgan fingerprint density at radius 3 is 2.24 bits per heavy atom. The summed E-state index contributed by atoms with van der Waals surface area (Å²) >= 11 is 3.47. The molecule has 240 valence electrons. The predicted molar refractivity (Wildman–Crippen MR) is 169 cm³/mol. The lowest BCUT2D eigenvalue weighted by atomic mass is 9.82. The van der Waals surface area contributed by atoms with Crippen LogP contribution in [0.1, 0.15) is 34.8 Å². The molecule has 0 spiro atoms. The number of nitrogens with zero attached hydrogens (tertiary/aromatic N) is 1. The van der Waals surface area contributed by atoms with Crippen molar-refractivity contribution in [1.82, 2.24) is 10.9 Å². The number of carbonyl (C=O) groups excluding carboxylic acids is 1. The van der Waals surface area contributed by atoms with E-state index in [1.54, 1.807) is 24.3 Å². The molecule has 1 aliphatic rings. The summed E-state index contributed by atoms with van der Waals surface area (Å²) in [6, 6.07) is 29.5. The number of aliphatic hydroxyl groups is 1. The van der Waals surface area contributed by atoms with Crippen LogP contribution in [0, 0.1) is 0 Å². The van der Waals surface area contributed by atoms with Crippen molar-refractivity contribution in [3.8, 4) is 11.5 Å². The van der Waals surface area contributed by atoms with E-state index in [2.05, 4.69) is 31.5 Å². The Bertz CT molecular complexity index is 1620. The fraction of sp³-hybridized carbons (Fsp3) is 0.235. The number of halogens is 4. The van der Waals surface area contributed by atoms with Gasteiger partial charge in [0.2, 0.25) is 5.90 Å². The average molecular weight is 699 g/mol. The van der Waals surface area contributed by atoms with Gasteiger partial charge in [-0.15, -0.1) is 13.2 Å². The highest BCUT2D eigenvalue weighted by atomic mass is 79.9. The molecule has 0 aromatic heterocycles. The molecule has 4 aromatic carbocycles. The van der Waals surface area contributed by atoms with Crippen molar-refractivity contribution in [3.05, 3.63) is 130 Å². The predicted octanol–water partition coefficient (Wildman–Crippen LogP) is 6.43. The van der Waals surface area contributed by atoms with Crippen molar-refractivity contribution in [2.75, 3.05) is 13.2 Å². The van der Waals surface area contributed by atoms with Gasteiger partial charge in [-0.2, -0.15) is 0 Å². The quantitative estimate of drug-likeness (QED) is 0.110. The number of carbonyl (C=O) groups is 1. The maximum absolute atomic E-state index is 14.2. The number of alkyl halides is 3. The molecule has 0 aliphatic carbocycles. The summed E-state index contributed by atoms with van der Waals surface area (Å²) in [6.45, 7) is 0.527.